The highest BCUT2D eigenvalue weighted by molar-refractivity contribution is 14.0. The molecule has 2 rings (SSSR count). The van der Waals surface area contributed by atoms with E-state index in [4.69, 9.17) is 9.47 Å². The molecule has 0 radical (unpaired) electrons. The van der Waals surface area contributed by atoms with Gasteiger partial charge in [0.2, 0.25) is 5.91 Å². The summed E-state index contributed by atoms with van der Waals surface area (Å²) in [5.41, 5.74) is 0. The van der Waals surface area contributed by atoms with Crippen LogP contribution in [-0.2, 0) is 4.79 Å². The third-order valence-electron chi connectivity index (χ3n) is 4.70. The highest BCUT2D eigenvalue weighted by atomic mass is 127. The van der Waals surface area contributed by atoms with Gasteiger partial charge in [0.15, 0.2) is 5.96 Å². The zero-order valence-electron chi connectivity index (χ0n) is 17.1. The van der Waals surface area contributed by atoms with Crippen molar-refractivity contribution in [2.75, 3.05) is 40.4 Å². The lowest BCUT2D eigenvalue weighted by Crippen LogP contribution is -2.44. The Labute approximate surface area is 185 Å². The number of carbonyl (C=O) groups is 1. The molecule has 7 nitrogen and oxygen atoms in total. The van der Waals surface area contributed by atoms with E-state index in [2.05, 4.69) is 22.5 Å². The van der Waals surface area contributed by atoms with E-state index in [-0.39, 0.29) is 29.9 Å². The van der Waals surface area contributed by atoms with Crippen LogP contribution in [0.3, 0.4) is 0 Å². The van der Waals surface area contributed by atoms with E-state index in [0.29, 0.717) is 38.1 Å². The van der Waals surface area contributed by atoms with Gasteiger partial charge in [-0.15, -0.1) is 24.0 Å². The molecule has 1 heterocycles. The highest BCUT2D eigenvalue weighted by Crippen LogP contribution is 2.17. The number of aliphatic imine (C=N–C) groups is 1. The van der Waals surface area contributed by atoms with Crippen LogP contribution >= 0.6 is 24.0 Å². The maximum absolute atomic E-state index is 12.3. The zero-order valence-corrected chi connectivity index (χ0v) is 19.4. The molecular weight excluding hydrogens is 471 g/mol. The molecule has 0 aliphatic carbocycles. The minimum absolute atomic E-state index is 0. The van der Waals surface area contributed by atoms with Gasteiger partial charge in [-0.05, 0) is 50.5 Å². The number of carbonyl (C=O) groups excluding carboxylic acids is 1. The highest BCUT2D eigenvalue weighted by Gasteiger charge is 2.22. The van der Waals surface area contributed by atoms with Gasteiger partial charge in [0, 0.05) is 32.6 Å². The minimum Gasteiger partial charge on any atom is -0.497 e. The number of methoxy groups -OCH3 is 1. The summed E-state index contributed by atoms with van der Waals surface area (Å²) in [6.45, 7) is 4.71. The number of piperidine rings is 1. The van der Waals surface area contributed by atoms with E-state index in [1.165, 1.54) is 6.42 Å². The topological polar surface area (TPSA) is 75.2 Å². The second-order valence-corrected chi connectivity index (χ2v) is 6.63. The molecule has 158 valence electrons. The van der Waals surface area contributed by atoms with Gasteiger partial charge in [0.25, 0.3) is 0 Å². The Bertz CT molecular complexity index is 610. The second-order valence-electron chi connectivity index (χ2n) is 6.63. The smallest absolute Gasteiger partial charge is 0.224 e. The van der Waals surface area contributed by atoms with Crippen molar-refractivity contribution >= 4 is 35.8 Å². The van der Waals surface area contributed by atoms with Crippen LogP contribution in [0.5, 0.6) is 11.5 Å². The SMILES string of the molecule is CN=C(NCCOc1ccc(OC)cc1)NCCC(=O)N1CCCCC1C.I. The molecule has 1 amide bonds. The van der Waals surface area contributed by atoms with E-state index in [9.17, 15) is 4.79 Å². The molecular formula is C20H33IN4O3. The number of nitrogens with one attached hydrogen (secondary N) is 2. The number of likely N-dealkylation sites (tertiary alicyclic amines) is 1. The summed E-state index contributed by atoms with van der Waals surface area (Å²) in [7, 11) is 3.35. The Balaban J connectivity index is 0.00000392. The molecule has 1 fully saturated rings. The molecule has 0 saturated carbocycles. The van der Waals surface area contributed by atoms with Crippen LogP contribution in [0.1, 0.15) is 32.6 Å². The Kier molecular flexibility index (Phi) is 11.7. The standard InChI is InChI=1S/C20H32N4O3.HI/c1-16-6-4-5-14-24(16)19(25)11-12-22-20(21-2)23-13-15-27-18-9-7-17(26-3)8-10-18;/h7-10,16H,4-6,11-15H2,1-3H3,(H2,21,22,23);1H. The zero-order chi connectivity index (χ0) is 19.5. The first kappa shape index (κ1) is 24.3. The molecule has 1 unspecified atom stereocenters. The molecule has 1 aliphatic rings. The van der Waals surface area contributed by atoms with Crippen molar-refractivity contribution < 1.29 is 14.3 Å². The Morgan fingerprint density at radius 2 is 1.86 bits per heavy atom. The van der Waals surface area contributed by atoms with Gasteiger partial charge in [-0.3, -0.25) is 9.79 Å². The number of hydrogen-bond acceptors (Lipinski definition) is 4. The maximum Gasteiger partial charge on any atom is 0.224 e. The fraction of sp³-hybridized carbons (Fsp3) is 0.600. The molecule has 1 aromatic rings. The van der Waals surface area contributed by atoms with Crippen molar-refractivity contribution in [2.24, 2.45) is 4.99 Å². The van der Waals surface area contributed by atoms with Crippen molar-refractivity contribution in [3.05, 3.63) is 24.3 Å². The second kappa shape index (κ2) is 13.5. The van der Waals surface area contributed by atoms with Crippen LogP contribution in [0, 0.1) is 0 Å². The fourth-order valence-corrected chi connectivity index (χ4v) is 3.13. The molecule has 1 saturated heterocycles. The van der Waals surface area contributed by atoms with Crippen molar-refractivity contribution in [3.8, 4) is 11.5 Å². The predicted molar refractivity (Wildman–Crippen MR) is 123 cm³/mol. The van der Waals surface area contributed by atoms with Gasteiger partial charge in [-0.1, -0.05) is 0 Å². The summed E-state index contributed by atoms with van der Waals surface area (Å²) in [6, 6.07) is 7.84. The molecule has 0 aromatic heterocycles. The molecule has 1 atom stereocenters. The van der Waals surface area contributed by atoms with Gasteiger partial charge in [0.05, 0.1) is 13.7 Å². The number of amides is 1. The molecule has 8 heteroatoms. The normalized spacial score (nSPS) is 16.8. The van der Waals surface area contributed by atoms with Crippen LogP contribution in [0.2, 0.25) is 0 Å². The Hall–Kier alpha value is -1.71. The summed E-state index contributed by atoms with van der Waals surface area (Å²) in [4.78, 5) is 18.5. The van der Waals surface area contributed by atoms with Crippen LogP contribution in [0.25, 0.3) is 0 Å². The van der Waals surface area contributed by atoms with E-state index in [1.54, 1.807) is 14.2 Å². The molecule has 0 spiro atoms. The predicted octanol–water partition coefficient (Wildman–Crippen LogP) is 2.65. The lowest BCUT2D eigenvalue weighted by molar-refractivity contribution is -0.134. The van der Waals surface area contributed by atoms with Gasteiger partial charge in [0.1, 0.15) is 18.1 Å². The monoisotopic (exact) mass is 504 g/mol. The van der Waals surface area contributed by atoms with E-state index >= 15 is 0 Å². The van der Waals surface area contributed by atoms with Crippen molar-refractivity contribution in [1.29, 1.82) is 0 Å². The minimum atomic E-state index is 0. The lowest BCUT2D eigenvalue weighted by atomic mass is 10.0. The first-order valence-electron chi connectivity index (χ1n) is 9.65. The Morgan fingerprint density at radius 1 is 1.18 bits per heavy atom. The van der Waals surface area contributed by atoms with Crippen molar-refractivity contribution in [3.63, 3.8) is 0 Å². The van der Waals surface area contributed by atoms with Crippen molar-refractivity contribution in [1.82, 2.24) is 15.5 Å². The van der Waals surface area contributed by atoms with Gasteiger partial charge < -0.3 is 25.0 Å². The molecule has 0 bridgehead atoms. The van der Waals surface area contributed by atoms with Crippen LogP contribution < -0.4 is 20.1 Å². The van der Waals surface area contributed by atoms with Gasteiger partial charge >= 0.3 is 0 Å². The van der Waals surface area contributed by atoms with Gasteiger partial charge in [-0.25, -0.2) is 0 Å². The summed E-state index contributed by atoms with van der Waals surface area (Å²) < 4.78 is 10.8. The number of guanidine groups is 1. The van der Waals surface area contributed by atoms with Crippen LogP contribution in [-0.4, -0.2) is 63.2 Å². The number of halogens is 1. The first-order valence-corrected chi connectivity index (χ1v) is 9.65. The third-order valence-corrected chi connectivity index (χ3v) is 4.70. The number of benzene rings is 1. The van der Waals surface area contributed by atoms with Crippen LogP contribution in [0.15, 0.2) is 29.3 Å². The summed E-state index contributed by atoms with van der Waals surface area (Å²) in [5, 5.41) is 6.38. The third kappa shape index (κ3) is 8.12. The molecule has 2 N–H and O–H groups in total. The molecule has 1 aromatic carbocycles. The quantitative estimate of drug-likeness (QED) is 0.247. The van der Waals surface area contributed by atoms with E-state index < -0.39 is 0 Å². The molecule has 28 heavy (non-hydrogen) atoms. The van der Waals surface area contributed by atoms with Crippen LogP contribution in [0.4, 0.5) is 0 Å². The Morgan fingerprint density at radius 3 is 2.50 bits per heavy atom. The number of ether oxygens (including phenoxy) is 2. The average molecular weight is 504 g/mol. The molecule has 1 aliphatic heterocycles. The number of nitrogens with zero attached hydrogens (tertiary/aromatic N) is 2. The largest absolute Gasteiger partial charge is 0.497 e. The lowest BCUT2D eigenvalue weighted by Gasteiger charge is -2.33. The number of hydrogen-bond donors (Lipinski definition) is 2. The maximum atomic E-state index is 12.3. The average Bonchev–Trinajstić information content (AvgIpc) is 2.70. The first-order chi connectivity index (χ1) is 13.1. The van der Waals surface area contributed by atoms with Crippen molar-refractivity contribution in [2.45, 2.75) is 38.6 Å². The van der Waals surface area contributed by atoms with E-state index in [0.717, 1.165) is 30.9 Å². The fourth-order valence-electron chi connectivity index (χ4n) is 3.13. The summed E-state index contributed by atoms with van der Waals surface area (Å²) >= 11 is 0. The summed E-state index contributed by atoms with van der Waals surface area (Å²) in [6.07, 6.45) is 3.92. The van der Waals surface area contributed by atoms with Gasteiger partial charge in [-0.2, -0.15) is 0 Å². The number of rotatable bonds is 8. The van der Waals surface area contributed by atoms with E-state index in [1.807, 2.05) is 29.2 Å². The summed E-state index contributed by atoms with van der Waals surface area (Å²) in [5.74, 6) is 2.49.